The Morgan fingerprint density at radius 2 is 1.85 bits per heavy atom. The molecule has 0 aliphatic carbocycles. The predicted molar refractivity (Wildman–Crippen MR) is 99.6 cm³/mol. The number of nitrogens with zero attached hydrogens (tertiary/aromatic N) is 1. The molecule has 0 saturated carbocycles. The van der Waals surface area contributed by atoms with Gasteiger partial charge in [-0.15, -0.1) is 0 Å². The SMILES string of the molecule is NC(=O)CCNC(=O)c1ccccc1NC(=O)Cn1cc(Br)ccc1=O. The van der Waals surface area contributed by atoms with Crippen LogP contribution in [0, 0.1) is 0 Å². The highest BCUT2D eigenvalue weighted by atomic mass is 79.9. The Morgan fingerprint density at radius 1 is 1.12 bits per heavy atom. The summed E-state index contributed by atoms with van der Waals surface area (Å²) in [5, 5.41) is 5.18. The van der Waals surface area contributed by atoms with Gasteiger partial charge < -0.3 is 20.9 Å². The molecule has 0 spiro atoms. The second-order valence-electron chi connectivity index (χ2n) is 5.38. The van der Waals surface area contributed by atoms with Crippen LogP contribution in [0.4, 0.5) is 5.69 Å². The molecule has 0 bridgehead atoms. The Kier molecular flexibility index (Phi) is 6.67. The summed E-state index contributed by atoms with van der Waals surface area (Å²) < 4.78 is 1.91. The minimum absolute atomic E-state index is 0.0199. The first-order valence-electron chi connectivity index (χ1n) is 7.68. The van der Waals surface area contributed by atoms with Gasteiger partial charge in [-0.25, -0.2) is 0 Å². The predicted octanol–water partition coefficient (Wildman–Crippen LogP) is 0.855. The topological polar surface area (TPSA) is 123 Å². The molecule has 136 valence electrons. The van der Waals surface area contributed by atoms with E-state index in [2.05, 4.69) is 26.6 Å². The molecule has 2 aromatic rings. The van der Waals surface area contributed by atoms with Gasteiger partial charge in [0, 0.05) is 29.7 Å². The molecule has 1 heterocycles. The summed E-state index contributed by atoms with van der Waals surface area (Å²) >= 11 is 3.24. The molecule has 1 aromatic heterocycles. The number of carbonyl (C=O) groups is 3. The van der Waals surface area contributed by atoms with Crippen molar-refractivity contribution >= 4 is 39.3 Å². The van der Waals surface area contributed by atoms with Gasteiger partial charge in [0.2, 0.25) is 11.8 Å². The van der Waals surface area contributed by atoms with Gasteiger partial charge in [-0.1, -0.05) is 12.1 Å². The van der Waals surface area contributed by atoms with Crippen molar-refractivity contribution in [3.63, 3.8) is 0 Å². The average molecular weight is 421 g/mol. The maximum Gasteiger partial charge on any atom is 0.253 e. The zero-order valence-electron chi connectivity index (χ0n) is 13.7. The fraction of sp³-hybridized carbons (Fsp3) is 0.176. The van der Waals surface area contributed by atoms with Crippen molar-refractivity contribution in [3.8, 4) is 0 Å². The van der Waals surface area contributed by atoms with Crippen LogP contribution in [0.15, 0.2) is 51.9 Å². The summed E-state index contributed by atoms with van der Waals surface area (Å²) in [6, 6.07) is 9.36. The van der Waals surface area contributed by atoms with Crippen molar-refractivity contribution in [3.05, 3.63) is 63.0 Å². The van der Waals surface area contributed by atoms with Crippen molar-refractivity contribution in [1.29, 1.82) is 0 Å². The molecule has 2 rings (SSSR count). The molecule has 9 heteroatoms. The molecule has 4 N–H and O–H groups in total. The lowest BCUT2D eigenvalue weighted by molar-refractivity contribution is -0.118. The van der Waals surface area contributed by atoms with Crippen LogP contribution in [0.25, 0.3) is 0 Å². The van der Waals surface area contributed by atoms with Crippen LogP contribution in [0.5, 0.6) is 0 Å². The molecule has 1 aromatic carbocycles. The van der Waals surface area contributed by atoms with Crippen molar-refractivity contribution in [2.24, 2.45) is 5.73 Å². The van der Waals surface area contributed by atoms with Gasteiger partial charge in [-0.2, -0.15) is 0 Å². The minimum Gasteiger partial charge on any atom is -0.370 e. The van der Waals surface area contributed by atoms with Crippen LogP contribution in [-0.4, -0.2) is 28.8 Å². The molecular weight excluding hydrogens is 404 g/mol. The van der Waals surface area contributed by atoms with E-state index in [4.69, 9.17) is 5.73 Å². The number of para-hydroxylation sites is 1. The van der Waals surface area contributed by atoms with Crippen LogP contribution in [0.2, 0.25) is 0 Å². The molecule has 0 aliphatic heterocycles. The van der Waals surface area contributed by atoms with E-state index in [1.807, 2.05) is 0 Å². The monoisotopic (exact) mass is 420 g/mol. The second-order valence-corrected chi connectivity index (χ2v) is 6.30. The Bertz CT molecular complexity index is 894. The van der Waals surface area contributed by atoms with Gasteiger partial charge in [-0.05, 0) is 34.1 Å². The number of benzene rings is 1. The van der Waals surface area contributed by atoms with Gasteiger partial charge in [0.15, 0.2) is 0 Å². The van der Waals surface area contributed by atoms with Crippen molar-refractivity contribution in [2.45, 2.75) is 13.0 Å². The highest BCUT2D eigenvalue weighted by molar-refractivity contribution is 9.10. The van der Waals surface area contributed by atoms with E-state index in [-0.39, 0.29) is 30.6 Å². The largest absolute Gasteiger partial charge is 0.370 e. The van der Waals surface area contributed by atoms with E-state index in [0.29, 0.717) is 10.2 Å². The van der Waals surface area contributed by atoms with Gasteiger partial charge in [0.25, 0.3) is 11.5 Å². The number of hydrogen-bond donors (Lipinski definition) is 3. The molecule has 0 aliphatic rings. The first-order chi connectivity index (χ1) is 12.4. The van der Waals surface area contributed by atoms with Crippen molar-refractivity contribution in [2.75, 3.05) is 11.9 Å². The number of carbonyl (C=O) groups excluding carboxylic acids is 3. The lowest BCUT2D eigenvalue weighted by Crippen LogP contribution is -2.30. The fourth-order valence-electron chi connectivity index (χ4n) is 2.15. The third-order valence-electron chi connectivity index (χ3n) is 3.36. The van der Waals surface area contributed by atoms with Crippen LogP contribution >= 0.6 is 15.9 Å². The van der Waals surface area contributed by atoms with Gasteiger partial charge >= 0.3 is 0 Å². The zero-order valence-corrected chi connectivity index (χ0v) is 15.3. The molecule has 3 amide bonds. The summed E-state index contributed by atoms with van der Waals surface area (Å²) in [6.07, 6.45) is 1.52. The highest BCUT2D eigenvalue weighted by Gasteiger charge is 2.13. The van der Waals surface area contributed by atoms with E-state index < -0.39 is 17.7 Å². The molecule has 0 atom stereocenters. The Morgan fingerprint density at radius 3 is 2.58 bits per heavy atom. The number of aromatic nitrogens is 1. The van der Waals surface area contributed by atoms with E-state index >= 15 is 0 Å². The fourth-order valence-corrected chi connectivity index (χ4v) is 2.53. The van der Waals surface area contributed by atoms with Crippen LogP contribution in [0.1, 0.15) is 16.8 Å². The molecule has 0 unspecified atom stereocenters. The summed E-state index contributed by atoms with van der Waals surface area (Å²) in [5.41, 5.74) is 5.26. The normalized spacial score (nSPS) is 10.2. The second kappa shape index (κ2) is 8.95. The van der Waals surface area contributed by atoms with Crippen LogP contribution < -0.4 is 21.9 Å². The molecule has 0 saturated heterocycles. The molecular formula is C17H17BrN4O4. The zero-order chi connectivity index (χ0) is 19.1. The third kappa shape index (κ3) is 5.55. The molecule has 0 fully saturated rings. The summed E-state index contributed by atoms with van der Waals surface area (Å²) in [4.78, 5) is 47.0. The molecule has 8 nitrogen and oxygen atoms in total. The number of pyridine rings is 1. The minimum atomic E-state index is -0.522. The van der Waals surface area contributed by atoms with Crippen LogP contribution in [-0.2, 0) is 16.1 Å². The Hall–Kier alpha value is -2.94. The number of nitrogens with two attached hydrogens (primary N) is 1. The number of nitrogens with one attached hydrogen (secondary N) is 2. The van der Waals surface area contributed by atoms with E-state index in [1.54, 1.807) is 30.3 Å². The van der Waals surface area contributed by atoms with E-state index in [0.717, 1.165) is 0 Å². The van der Waals surface area contributed by atoms with Crippen molar-refractivity contribution in [1.82, 2.24) is 9.88 Å². The first-order valence-corrected chi connectivity index (χ1v) is 8.47. The third-order valence-corrected chi connectivity index (χ3v) is 3.83. The quantitative estimate of drug-likeness (QED) is 0.614. The Balaban J connectivity index is 2.08. The number of rotatable bonds is 7. The molecule has 0 radical (unpaired) electrons. The molecule has 26 heavy (non-hydrogen) atoms. The summed E-state index contributed by atoms with van der Waals surface area (Å²) in [6.45, 7) is -0.0974. The van der Waals surface area contributed by atoms with Gasteiger partial charge in [0.1, 0.15) is 6.54 Å². The summed E-state index contributed by atoms with van der Waals surface area (Å²) in [7, 11) is 0. The summed E-state index contributed by atoms with van der Waals surface area (Å²) in [5.74, 6) is -1.42. The van der Waals surface area contributed by atoms with Gasteiger partial charge in [-0.3, -0.25) is 19.2 Å². The van der Waals surface area contributed by atoms with Crippen molar-refractivity contribution < 1.29 is 14.4 Å². The standard InChI is InChI=1S/C17H17BrN4O4/c18-11-5-6-16(25)22(9-11)10-15(24)21-13-4-2-1-3-12(13)17(26)20-8-7-14(19)23/h1-6,9H,7-8,10H2,(H2,19,23)(H,20,26)(H,21,24). The number of amides is 3. The van der Waals surface area contributed by atoms with Crippen LogP contribution in [0.3, 0.4) is 0 Å². The smallest absolute Gasteiger partial charge is 0.253 e. The maximum absolute atomic E-state index is 12.2. The number of hydrogen-bond acceptors (Lipinski definition) is 4. The average Bonchev–Trinajstić information content (AvgIpc) is 2.58. The highest BCUT2D eigenvalue weighted by Crippen LogP contribution is 2.15. The van der Waals surface area contributed by atoms with E-state index in [9.17, 15) is 19.2 Å². The number of primary amides is 1. The van der Waals surface area contributed by atoms with E-state index in [1.165, 1.54) is 16.8 Å². The number of anilines is 1. The van der Waals surface area contributed by atoms with Gasteiger partial charge in [0.05, 0.1) is 11.3 Å². The Labute approximate surface area is 157 Å². The lowest BCUT2D eigenvalue weighted by atomic mass is 10.1. The lowest BCUT2D eigenvalue weighted by Gasteiger charge is -2.12. The number of halogens is 1. The maximum atomic E-state index is 12.2. The first kappa shape index (κ1) is 19.4.